The minimum absolute atomic E-state index is 0.275. The Balaban J connectivity index is 3.11. The zero-order valence-electron chi connectivity index (χ0n) is 17.2. The lowest BCUT2D eigenvalue weighted by molar-refractivity contribution is 0.0600. The maximum absolute atomic E-state index is 12.3. The Morgan fingerprint density at radius 1 is 1.11 bits per heavy atom. The highest BCUT2D eigenvalue weighted by Crippen LogP contribution is 2.27. The average molecular weight is 376 g/mol. The average Bonchev–Trinajstić information content (AvgIpc) is 2.67. The van der Waals surface area contributed by atoms with Gasteiger partial charge in [0.05, 0.1) is 25.3 Å². The molecule has 0 heterocycles. The zero-order valence-corrected chi connectivity index (χ0v) is 17.2. The Kier molecular flexibility index (Phi) is 10.2. The summed E-state index contributed by atoms with van der Waals surface area (Å²) in [7, 11) is 1.36. The summed E-state index contributed by atoms with van der Waals surface area (Å²) in [5, 5.41) is 3.00. The van der Waals surface area contributed by atoms with Crippen LogP contribution in [0.3, 0.4) is 0 Å². The van der Waals surface area contributed by atoms with Gasteiger partial charge in [-0.15, -0.1) is 0 Å². The summed E-state index contributed by atoms with van der Waals surface area (Å²) in [5.41, 5.74) is 2.56. The molecule has 0 fully saturated rings. The maximum Gasteiger partial charge on any atom is 0.407 e. The fourth-order valence-electron chi connectivity index (χ4n) is 2.70. The van der Waals surface area contributed by atoms with Gasteiger partial charge in [0.25, 0.3) is 0 Å². The molecule has 1 rings (SSSR count). The minimum atomic E-state index is -0.427. The van der Waals surface area contributed by atoms with Gasteiger partial charge in [-0.05, 0) is 42.0 Å². The van der Waals surface area contributed by atoms with Crippen LogP contribution in [0, 0.1) is 5.92 Å². The number of rotatable bonds is 10. The molecule has 0 radical (unpaired) electrons. The van der Waals surface area contributed by atoms with Crippen LogP contribution < -0.4 is 5.32 Å². The highest BCUT2D eigenvalue weighted by molar-refractivity contribution is 5.89. The molecular weight excluding hydrogens is 342 g/mol. The first-order valence-corrected chi connectivity index (χ1v) is 9.73. The first-order valence-electron chi connectivity index (χ1n) is 9.73. The molecule has 150 valence electrons. The molecule has 27 heavy (non-hydrogen) atoms. The molecule has 0 aliphatic heterocycles. The largest absolute Gasteiger partial charge is 0.465 e. The first-order chi connectivity index (χ1) is 12.9. The van der Waals surface area contributed by atoms with Crippen LogP contribution in [0.25, 0.3) is 0 Å². The highest BCUT2D eigenvalue weighted by Gasteiger charge is 2.20. The summed E-state index contributed by atoms with van der Waals surface area (Å²) in [5.74, 6) is -0.100. The van der Waals surface area contributed by atoms with Crippen LogP contribution in [0.15, 0.2) is 35.9 Å². The van der Waals surface area contributed by atoms with Crippen LogP contribution in [0.1, 0.15) is 75.3 Å². The standard InChI is InChI=1S/C22H33NO4/c1-6-8-10-17(9-7-2)20(23-22(25)27-15-16(3)4)18-11-13-19(14-12-18)21(24)26-5/h10-14,16,20H,6-9,15H2,1-5H3,(H,23,25)/t20-/m1/s1. The normalized spacial score (nSPS) is 12.6. The van der Waals surface area contributed by atoms with E-state index in [1.165, 1.54) is 7.11 Å². The summed E-state index contributed by atoms with van der Waals surface area (Å²) in [4.78, 5) is 24.0. The van der Waals surface area contributed by atoms with Gasteiger partial charge in [-0.3, -0.25) is 0 Å². The number of esters is 1. The lowest BCUT2D eigenvalue weighted by Crippen LogP contribution is -2.31. The Hall–Kier alpha value is -2.30. The summed E-state index contributed by atoms with van der Waals surface area (Å²) in [6, 6.07) is 6.88. The SMILES string of the molecule is CCCC=C(CCC)[C@@H](NC(=O)OCC(C)C)c1ccc(C(=O)OC)cc1. The lowest BCUT2D eigenvalue weighted by atomic mass is 9.93. The number of carbonyl (C=O) groups excluding carboxylic acids is 2. The van der Waals surface area contributed by atoms with Crippen molar-refractivity contribution in [3.05, 3.63) is 47.0 Å². The fraction of sp³-hybridized carbons (Fsp3) is 0.545. The van der Waals surface area contributed by atoms with Crippen molar-refractivity contribution in [3.63, 3.8) is 0 Å². The number of allylic oxidation sites excluding steroid dienone is 1. The molecule has 1 amide bonds. The van der Waals surface area contributed by atoms with Crippen molar-refractivity contribution in [1.82, 2.24) is 5.32 Å². The molecule has 5 heteroatoms. The molecule has 0 unspecified atom stereocenters. The summed E-state index contributed by atoms with van der Waals surface area (Å²) < 4.78 is 10.1. The van der Waals surface area contributed by atoms with E-state index in [2.05, 4.69) is 25.2 Å². The van der Waals surface area contributed by atoms with E-state index >= 15 is 0 Å². The second kappa shape index (κ2) is 12.2. The van der Waals surface area contributed by atoms with E-state index in [9.17, 15) is 9.59 Å². The first kappa shape index (κ1) is 22.7. The molecular formula is C22H33NO4. The molecule has 1 aromatic carbocycles. The fourth-order valence-corrected chi connectivity index (χ4v) is 2.70. The number of hydrogen-bond acceptors (Lipinski definition) is 4. The maximum atomic E-state index is 12.3. The Morgan fingerprint density at radius 2 is 1.78 bits per heavy atom. The molecule has 0 saturated carbocycles. The third-order valence-corrected chi connectivity index (χ3v) is 4.08. The van der Waals surface area contributed by atoms with E-state index in [0.29, 0.717) is 12.2 Å². The van der Waals surface area contributed by atoms with Crippen LogP contribution in [0.4, 0.5) is 4.79 Å². The third kappa shape index (κ3) is 7.85. The molecule has 1 atom stereocenters. The van der Waals surface area contributed by atoms with E-state index in [-0.39, 0.29) is 17.9 Å². The van der Waals surface area contributed by atoms with Gasteiger partial charge in [0.2, 0.25) is 0 Å². The second-order valence-electron chi connectivity index (χ2n) is 7.00. The topological polar surface area (TPSA) is 64.6 Å². The van der Waals surface area contributed by atoms with Crippen LogP contribution in [0.2, 0.25) is 0 Å². The van der Waals surface area contributed by atoms with Crippen LogP contribution in [-0.2, 0) is 9.47 Å². The van der Waals surface area contributed by atoms with Crippen molar-refractivity contribution in [2.24, 2.45) is 5.92 Å². The van der Waals surface area contributed by atoms with E-state index in [1.807, 2.05) is 26.0 Å². The number of ether oxygens (including phenoxy) is 2. The molecule has 5 nitrogen and oxygen atoms in total. The van der Waals surface area contributed by atoms with Gasteiger partial charge in [-0.25, -0.2) is 9.59 Å². The van der Waals surface area contributed by atoms with Crippen molar-refractivity contribution in [2.75, 3.05) is 13.7 Å². The third-order valence-electron chi connectivity index (χ3n) is 4.08. The molecule has 0 saturated heterocycles. The number of unbranched alkanes of at least 4 members (excludes halogenated alkanes) is 1. The van der Waals surface area contributed by atoms with Crippen LogP contribution >= 0.6 is 0 Å². The van der Waals surface area contributed by atoms with Gasteiger partial charge in [0, 0.05) is 0 Å². The number of carbonyl (C=O) groups is 2. The van der Waals surface area contributed by atoms with Crippen molar-refractivity contribution >= 4 is 12.1 Å². The predicted molar refractivity (Wildman–Crippen MR) is 108 cm³/mol. The van der Waals surface area contributed by atoms with E-state index in [4.69, 9.17) is 9.47 Å². The Labute approximate surface area is 163 Å². The number of methoxy groups -OCH3 is 1. The summed E-state index contributed by atoms with van der Waals surface area (Å²) >= 11 is 0. The van der Waals surface area contributed by atoms with Gasteiger partial charge in [0.1, 0.15) is 0 Å². The van der Waals surface area contributed by atoms with Crippen molar-refractivity contribution in [1.29, 1.82) is 0 Å². The number of alkyl carbamates (subject to hydrolysis) is 1. The van der Waals surface area contributed by atoms with Gasteiger partial charge < -0.3 is 14.8 Å². The lowest BCUT2D eigenvalue weighted by Gasteiger charge is -2.23. The molecule has 0 aliphatic carbocycles. The molecule has 0 spiro atoms. The molecule has 1 aromatic rings. The zero-order chi connectivity index (χ0) is 20.2. The monoisotopic (exact) mass is 375 g/mol. The Morgan fingerprint density at radius 3 is 2.30 bits per heavy atom. The van der Waals surface area contributed by atoms with E-state index in [0.717, 1.165) is 36.8 Å². The predicted octanol–water partition coefficient (Wildman–Crippen LogP) is 5.42. The number of benzene rings is 1. The van der Waals surface area contributed by atoms with Crippen LogP contribution in [0.5, 0.6) is 0 Å². The van der Waals surface area contributed by atoms with E-state index < -0.39 is 6.09 Å². The number of nitrogens with one attached hydrogen (secondary N) is 1. The van der Waals surface area contributed by atoms with Gasteiger partial charge in [-0.1, -0.05) is 58.7 Å². The number of amides is 1. The highest BCUT2D eigenvalue weighted by atomic mass is 16.5. The van der Waals surface area contributed by atoms with Crippen molar-refractivity contribution < 1.29 is 19.1 Å². The summed E-state index contributed by atoms with van der Waals surface area (Å²) in [6.07, 6.45) is 5.63. The van der Waals surface area contributed by atoms with Crippen molar-refractivity contribution in [2.45, 2.75) is 59.4 Å². The molecule has 0 aliphatic rings. The molecule has 0 bridgehead atoms. The summed E-state index contributed by atoms with van der Waals surface area (Å²) in [6.45, 7) is 8.63. The van der Waals surface area contributed by atoms with Gasteiger partial charge >= 0.3 is 12.1 Å². The van der Waals surface area contributed by atoms with Gasteiger partial charge in [-0.2, -0.15) is 0 Å². The molecule has 0 aromatic heterocycles. The smallest absolute Gasteiger partial charge is 0.407 e. The van der Waals surface area contributed by atoms with Crippen LogP contribution in [-0.4, -0.2) is 25.8 Å². The van der Waals surface area contributed by atoms with Gasteiger partial charge in [0.15, 0.2) is 0 Å². The second-order valence-corrected chi connectivity index (χ2v) is 7.00. The molecule has 1 N–H and O–H groups in total. The Bertz CT molecular complexity index is 620. The quantitative estimate of drug-likeness (QED) is 0.438. The minimum Gasteiger partial charge on any atom is -0.465 e. The van der Waals surface area contributed by atoms with Crippen molar-refractivity contribution in [3.8, 4) is 0 Å². The van der Waals surface area contributed by atoms with E-state index in [1.54, 1.807) is 12.1 Å². The number of hydrogen-bond donors (Lipinski definition) is 1.